The predicted octanol–water partition coefficient (Wildman–Crippen LogP) is 4.80. The molecule has 0 radical (unpaired) electrons. The molecule has 11 heteroatoms. The van der Waals surface area contributed by atoms with E-state index in [0.29, 0.717) is 22.8 Å². The van der Waals surface area contributed by atoms with Crippen LogP contribution in [0.4, 0.5) is 5.13 Å². The van der Waals surface area contributed by atoms with Gasteiger partial charge < -0.3 is 4.74 Å². The molecule has 1 amide bonds. The molecule has 2 N–H and O–H groups in total. The zero-order chi connectivity index (χ0) is 23.6. The largest absolute Gasteiger partial charge is 0.487 e. The van der Waals surface area contributed by atoms with E-state index in [-0.39, 0.29) is 9.47 Å². The van der Waals surface area contributed by atoms with E-state index in [4.69, 9.17) is 16.3 Å². The van der Waals surface area contributed by atoms with Crippen LogP contribution in [0.3, 0.4) is 0 Å². The fraction of sp³-hybridized carbons (Fsp3) is 0.318. The molecule has 174 valence electrons. The average molecular weight is 507 g/mol. The fourth-order valence-electron chi connectivity index (χ4n) is 3.78. The van der Waals surface area contributed by atoms with Crippen molar-refractivity contribution in [2.75, 3.05) is 5.32 Å². The number of aromatic nitrogens is 2. The van der Waals surface area contributed by atoms with Gasteiger partial charge in [0.05, 0.1) is 6.04 Å². The first kappa shape index (κ1) is 23.6. The molecule has 1 aromatic heterocycles. The Morgan fingerprint density at radius 3 is 2.55 bits per heavy atom. The van der Waals surface area contributed by atoms with Crippen LogP contribution in [0, 0.1) is 0 Å². The molecule has 1 aliphatic rings. The quantitative estimate of drug-likeness (QED) is 0.445. The maximum absolute atomic E-state index is 13.1. The molecule has 0 aliphatic carbocycles. The lowest BCUT2D eigenvalue weighted by molar-refractivity contribution is 0.0260. The van der Waals surface area contributed by atoms with E-state index in [0.717, 1.165) is 29.7 Å². The number of ether oxygens (including phenoxy) is 1. The Labute approximate surface area is 201 Å². The molecule has 0 saturated carbocycles. The number of benzene rings is 2. The predicted molar refractivity (Wildman–Crippen MR) is 127 cm³/mol. The summed E-state index contributed by atoms with van der Waals surface area (Å²) in [6.45, 7) is 4.06. The first-order valence-corrected chi connectivity index (χ1v) is 13.1. The van der Waals surface area contributed by atoms with Gasteiger partial charge in [-0.3, -0.25) is 10.1 Å². The molecule has 4 rings (SSSR count). The molecule has 8 nitrogen and oxygen atoms in total. The number of halogens is 1. The summed E-state index contributed by atoms with van der Waals surface area (Å²) < 4.78 is 35.1. The van der Waals surface area contributed by atoms with E-state index in [1.165, 1.54) is 0 Å². The summed E-state index contributed by atoms with van der Waals surface area (Å²) >= 11 is 6.63. The van der Waals surface area contributed by atoms with E-state index in [1.807, 2.05) is 38.1 Å². The number of nitrogens with zero attached hydrogens (tertiary/aromatic N) is 2. The number of sulfonamides is 1. The number of amides is 1. The van der Waals surface area contributed by atoms with E-state index in [9.17, 15) is 13.2 Å². The summed E-state index contributed by atoms with van der Waals surface area (Å²) in [6.07, 6.45) is 1.99. The summed E-state index contributed by atoms with van der Waals surface area (Å²) in [5, 5.41) is 10.8. The van der Waals surface area contributed by atoms with Gasteiger partial charge in [-0.1, -0.05) is 55.0 Å². The maximum atomic E-state index is 13.1. The Morgan fingerprint density at radius 2 is 1.85 bits per heavy atom. The number of para-hydroxylation sites is 1. The van der Waals surface area contributed by atoms with Gasteiger partial charge in [-0.05, 0) is 43.2 Å². The number of anilines is 1. The van der Waals surface area contributed by atoms with Gasteiger partial charge in [0.15, 0.2) is 0 Å². The van der Waals surface area contributed by atoms with Crippen LogP contribution in [0.1, 0.15) is 55.1 Å². The Kier molecular flexibility index (Phi) is 6.71. The highest BCUT2D eigenvalue weighted by atomic mass is 35.5. The molecule has 1 aliphatic heterocycles. The van der Waals surface area contributed by atoms with Crippen molar-refractivity contribution in [1.82, 2.24) is 14.9 Å². The van der Waals surface area contributed by atoms with Gasteiger partial charge in [-0.2, -0.15) is 0 Å². The van der Waals surface area contributed by atoms with Crippen LogP contribution in [0.25, 0.3) is 0 Å². The van der Waals surface area contributed by atoms with Crippen LogP contribution in [0.2, 0.25) is 5.02 Å². The third-order valence-electron chi connectivity index (χ3n) is 5.75. The lowest BCUT2D eigenvalue weighted by Gasteiger charge is -2.41. The SMILES string of the molecule is CCC1(CC)C[C@@H](NS(=O)(=O)c2nnc(NC(=O)c3ccc(Cl)cc3)s2)c2ccccc2O1. The molecule has 0 fully saturated rings. The van der Waals surface area contributed by atoms with Crippen LogP contribution in [-0.2, 0) is 10.0 Å². The molecule has 0 unspecified atom stereocenters. The molecule has 3 aromatic rings. The lowest BCUT2D eigenvalue weighted by atomic mass is 9.84. The Hall–Kier alpha value is -2.53. The fourth-order valence-corrected chi connectivity index (χ4v) is 6.04. The second-order valence-corrected chi connectivity index (χ2v) is 11.0. The highest BCUT2D eigenvalue weighted by Crippen LogP contribution is 2.43. The number of hydrogen-bond donors (Lipinski definition) is 2. The summed E-state index contributed by atoms with van der Waals surface area (Å²) in [5.74, 6) is 0.238. The molecule has 0 bridgehead atoms. The second-order valence-electron chi connectivity index (χ2n) is 7.74. The van der Waals surface area contributed by atoms with Crippen LogP contribution in [-0.4, -0.2) is 30.1 Å². The highest BCUT2D eigenvalue weighted by molar-refractivity contribution is 7.91. The molecular formula is C22H23ClN4O4S2. The van der Waals surface area contributed by atoms with Crippen LogP contribution < -0.4 is 14.8 Å². The van der Waals surface area contributed by atoms with Crippen molar-refractivity contribution in [2.24, 2.45) is 0 Å². The third kappa shape index (κ3) is 5.03. The molecule has 2 aromatic carbocycles. The Bertz CT molecular complexity index is 1260. The van der Waals surface area contributed by atoms with Crippen LogP contribution >= 0.6 is 22.9 Å². The number of carbonyl (C=O) groups is 1. The van der Waals surface area contributed by atoms with Crippen LogP contribution in [0.5, 0.6) is 5.75 Å². The van der Waals surface area contributed by atoms with Gasteiger partial charge in [0.1, 0.15) is 11.4 Å². The van der Waals surface area contributed by atoms with E-state index in [1.54, 1.807) is 24.3 Å². The van der Waals surface area contributed by atoms with E-state index < -0.39 is 27.6 Å². The van der Waals surface area contributed by atoms with Gasteiger partial charge >= 0.3 is 0 Å². The minimum Gasteiger partial charge on any atom is -0.487 e. The van der Waals surface area contributed by atoms with Crippen LogP contribution in [0.15, 0.2) is 52.9 Å². The monoisotopic (exact) mass is 506 g/mol. The van der Waals surface area contributed by atoms with Crippen molar-refractivity contribution in [3.8, 4) is 5.75 Å². The summed E-state index contributed by atoms with van der Waals surface area (Å²) in [7, 11) is -3.98. The van der Waals surface area contributed by atoms with Crippen molar-refractivity contribution >= 4 is 44.0 Å². The molecule has 0 saturated heterocycles. The number of rotatable bonds is 7. The van der Waals surface area contributed by atoms with E-state index >= 15 is 0 Å². The Balaban J connectivity index is 1.54. The van der Waals surface area contributed by atoms with Gasteiger partial charge in [-0.15, -0.1) is 10.2 Å². The number of carbonyl (C=O) groups excluding carboxylic acids is 1. The van der Waals surface area contributed by atoms with Gasteiger partial charge in [0.25, 0.3) is 15.9 Å². The summed E-state index contributed by atoms with van der Waals surface area (Å²) in [6, 6.07) is 13.3. The van der Waals surface area contributed by atoms with Gasteiger partial charge in [-0.25, -0.2) is 13.1 Å². The maximum Gasteiger partial charge on any atom is 0.270 e. The second kappa shape index (κ2) is 9.38. The normalized spacial score (nSPS) is 17.1. The minimum absolute atomic E-state index is 0.0826. The summed E-state index contributed by atoms with van der Waals surface area (Å²) in [4.78, 5) is 12.4. The molecule has 0 spiro atoms. The molecule has 33 heavy (non-hydrogen) atoms. The number of fused-ring (bicyclic) bond motifs is 1. The average Bonchev–Trinajstić information content (AvgIpc) is 3.28. The zero-order valence-corrected chi connectivity index (χ0v) is 20.4. The minimum atomic E-state index is -3.98. The first-order chi connectivity index (χ1) is 15.7. The lowest BCUT2D eigenvalue weighted by Crippen LogP contribution is -2.44. The van der Waals surface area contributed by atoms with Gasteiger partial charge in [0.2, 0.25) is 9.47 Å². The smallest absolute Gasteiger partial charge is 0.270 e. The zero-order valence-electron chi connectivity index (χ0n) is 18.0. The highest BCUT2D eigenvalue weighted by Gasteiger charge is 2.40. The molecule has 1 atom stereocenters. The summed E-state index contributed by atoms with van der Waals surface area (Å²) in [5.41, 5.74) is 0.686. The van der Waals surface area contributed by atoms with E-state index in [2.05, 4.69) is 20.2 Å². The van der Waals surface area contributed by atoms with Crippen molar-refractivity contribution in [3.05, 3.63) is 64.7 Å². The van der Waals surface area contributed by atoms with Crippen molar-refractivity contribution in [3.63, 3.8) is 0 Å². The van der Waals surface area contributed by atoms with Crippen molar-refractivity contribution in [2.45, 2.75) is 49.1 Å². The topological polar surface area (TPSA) is 110 Å². The van der Waals surface area contributed by atoms with Crippen molar-refractivity contribution < 1.29 is 17.9 Å². The molecular weight excluding hydrogens is 484 g/mol. The van der Waals surface area contributed by atoms with Crippen molar-refractivity contribution in [1.29, 1.82) is 0 Å². The number of hydrogen-bond acceptors (Lipinski definition) is 7. The first-order valence-electron chi connectivity index (χ1n) is 10.5. The third-order valence-corrected chi connectivity index (χ3v) is 8.68. The molecule has 2 heterocycles. The standard InChI is InChI=1S/C22H23ClN4O4S2/c1-3-22(4-2)13-17(16-7-5-6-8-18(16)31-22)27-33(29,30)21-26-25-20(32-21)24-19(28)14-9-11-15(23)12-10-14/h5-12,17,27H,3-4,13H2,1-2H3,(H,24,25,28)/t17-/m1/s1. The van der Waals surface area contributed by atoms with Gasteiger partial charge in [0, 0.05) is 22.6 Å². The Morgan fingerprint density at radius 1 is 1.15 bits per heavy atom. The number of nitrogens with one attached hydrogen (secondary N) is 2.